The second-order valence-electron chi connectivity index (χ2n) is 5.07. The largest absolute Gasteiger partial charge is 0.416 e. The van der Waals surface area contributed by atoms with Gasteiger partial charge in [0.1, 0.15) is 5.69 Å². The molecule has 0 spiro atoms. The highest BCUT2D eigenvalue weighted by molar-refractivity contribution is 7.92. The number of benzene rings is 1. The molecule has 0 aliphatic carbocycles. The second kappa shape index (κ2) is 6.14. The number of hydrogen-bond donors (Lipinski definition) is 1. The highest BCUT2D eigenvalue weighted by Crippen LogP contribution is 2.33. The average molecular weight is 381 g/mol. The van der Waals surface area contributed by atoms with E-state index in [0.717, 1.165) is 10.6 Å². The minimum absolute atomic E-state index is 0.242. The summed E-state index contributed by atoms with van der Waals surface area (Å²) in [4.78, 5) is 11.3. The maximum absolute atomic E-state index is 12.8. The summed E-state index contributed by atoms with van der Waals surface area (Å²) in [6, 6.07) is 3.45. The van der Waals surface area contributed by atoms with Gasteiger partial charge in [0.15, 0.2) is 0 Å². The van der Waals surface area contributed by atoms with E-state index >= 15 is 0 Å². The monoisotopic (exact) mass is 380 g/mol. The third-order valence-electron chi connectivity index (χ3n) is 3.22. The molecule has 0 aliphatic rings. The Labute approximate surface area is 140 Å². The number of nitrogens with one attached hydrogen (secondary N) is 1. The molecule has 0 radical (unpaired) electrons. The van der Waals surface area contributed by atoms with Crippen LogP contribution in [0.5, 0.6) is 0 Å². The third kappa shape index (κ3) is 3.73. The van der Waals surface area contributed by atoms with Crippen molar-refractivity contribution in [2.24, 2.45) is 7.05 Å². The quantitative estimate of drug-likeness (QED) is 0.889. The van der Waals surface area contributed by atoms with E-state index in [-0.39, 0.29) is 10.7 Å². The van der Waals surface area contributed by atoms with Crippen LogP contribution in [0.3, 0.4) is 0 Å². The molecule has 0 saturated heterocycles. The van der Waals surface area contributed by atoms with Crippen LogP contribution in [0.1, 0.15) is 11.1 Å². The Morgan fingerprint density at radius 3 is 2.42 bits per heavy atom. The lowest BCUT2D eigenvalue weighted by Gasteiger charge is -2.13. The number of hydrogen-bond acceptors (Lipinski definition) is 3. The van der Waals surface area contributed by atoms with Gasteiger partial charge in [-0.3, -0.25) is 9.52 Å². The van der Waals surface area contributed by atoms with Crippen LogP contribution < -0.4 is 10.3 Å². The second-order valence-corrected chi connectivity index (χ2v) is 7.19. The standard InChI is InChI=1S/C14H12ClF3N2O3S/c1-8-3-4-20(2)13(21)12(8)19-24(22,23)11-6-9(14(16,17)18)5-10(15)7-11/h3-7,19H,1-2H3. The van der Waals surface area contributed by atoms with Crippen molar-refractivity contribution in [1.82, 2.24) is 4.57 Å². The molecule has 0 unspecified atom stereocenters. The number of nitrogens with zero attached hydrogens (tertiary/aromatic N) is 1. The molecule has 0 aliphatic heterocycles. The molecule has 130 valence electrons. The minimum Gasteiger partial charge on any atom is -0.317 e. The molecule has 0 bridgehead atoms. The molecule has 0 saturated carbocycles. The molecule has 1 N–H and O–H groups in total. The number of halogens is 4. The molecule has 1 aromatic heterocycles. The summed E-state index contributed by atoms with van der Waals surface area (Å²) >= 11 is 5.59. The molecule has 10 heteroatoms. The predicted octanol–water partition coefficient (Wildman–Crippen LogP) is 3.17. The lowest BCUT2D eigenvalue weighted by Crippen LogP contribution is -2.25. The van der Waals surface area contributed by atoms with Gasteiger partial charge in [-0.05, 0) is 36.8 Å². The van der Waals surface area contributed by atoms with Gasteiger partial charge in [-0.1, -0.05) is 11.6 Å². The van der Waals surface area contributed by atoms with Crippen molar-refractivity contribution in [3.63, 3.8) is 0 Å². The van der Waals surface area contributed by atoms with Gasteiger partial charge in [0.25, 0.3) is 15.6 Å². The average Bonchev–Trinajstić information content (AvgIpc) is 2.46. The molecule has 2 rings (SSSR count). The normalized spacial score (nSPS) is 12.2. The van der Waals surface area contributed by atoms with E-state index in [1.807, 2.05) is 4.72 Å². The number of sulfonamides is 1. The van der Waals surface area contributed by atoms with E-state index in [9.17, 15) is 26.4 Å². The lowest BCUT2D eigenvalue weighted by atomic mass is 10.2. The predicted molar refractivity (Wildman–Crippen MR) is 83.7 cm³/mol. The van der Waals surface area contributed by atoms with Gasteiger partial charge in [0.2, 0.25) is 0 Å². The Hall–Kier alpha value is -2.00. The molecule has 0 fully saturated rings. The Morgan fingerprint density at radius 1 is 1.21 bits per heavy atom. The van der Waals surface area contributed by atoms with E-state index in [2.05, 4.69) is 0 Å². The van der Waals surface area contributed by atoms with Crippen LogP contribution >= 0.6 is 11.6 Å². The van der Waals surface area contributed by atoms with E-state index in [1.54, 1.807) is 0 Å². The molecule has 5 nitrogen and oxygen atoms in total. The van der Waals surface area contributed by atoms with Gasteiger partial charge in [-0.25, -0.2) is 8.42 Å². The van der Waals surface area contributed by atoms with Crippen molar-refractivity contribution in [3.05, 3.63) is 57.0 Å². The number of alkyl halides is 3. The van der Waals surface area contributed by atoms with Crippen LogP contribution in [0.2, 0.25) is 5.02 Å². The minimum atomic E-state index is -4.76. The molecular weight excluding hydrogens is 369 g/mol. The van der Waals surface area contributed by atoms with Crippen molar-refractivity contribution in [1.29, 1.82) is 0 Å². The summed E-state index contributed by atoms with van der Waals surface area (Å²) in [6.45, 7) is 1.50. The molecule has 1 aromatic carbocycles. The maximum Gasteiger partial charge on any atom is 0.416 e. The highest BCUT2D eigenvalue weighted by atomic mass is 35.5. The summed E-state index contributed by atoms with van der Waals surface area (Å²) in [5.41, 5.74) is -1.74. The Balaban J connectivity index is 2.55. The molecule has 24 heavy (non-hydrogen) atoms. The number of aryl methyl sites for hydroxylation is 2. The smallest absolute Gasteiger partial charge is 0.317 e. The molecule has 2 aromatic rings. The van der Waals surface area contributed by atoms with Crippen LogP contribution in [0.15, 0.2) is 40.2 Å². The fourth-order valence-electron chi connectivity index (χ4n) is 1.92. The van der Waals surface area contributed by atoms with Crippen molar-refractivity contribution >= 4 is 27.3 Å². The van der Waals surface area contributed by atoms with Crippen molar-refractivity contribution < 1.29 is 21.6 Å². The van der Waals surface area contributed by atoms with Crippen LogP contribution in [-0.2, 0) is 23.2 Å². The zero-order chi connectivity index (χ0) is 18.3. The van der Waals surface area contributed by atoms with Crippen LogP contribution in [0.25, 0.3) is 0 Å². The molecule has 0 atom stereocenters. The summed E-state index contributed by atoms with van der Waals surface area (Å²) in [7, 11) is -3.01. The fourth-order valence-corrected chi connectivity index (χ4v) is 3.42. The first-order chi connectivity index (χ1) is 10.9. The first kappa shape index (κ1) is 18.3. The van der Waals surface area contributed by atoms with Gasteiger partial charge in [0.05, 0.1) is 10.5 Å². The van der Waals surface area contributed by atoms with E-state index in [0.29, 0.717) is 17.7 Å². The number of anilines is 1. The SMILES string of the molecule is Cc1ccn(C)c(=O)c1NS(=O)(=O)c1cc(Cl)cc(C(F)(F)F)c1. The summed E-state index contributed by atoms with van der Waals surface area (Å²) in [5.74, 6) is 0. The third-order valence-corrected chi connectivity index (χ3v) is 4.77. The van der Waals surface area contributed by atoms with Crippen LogP contribution in [0.4, 0.5) is 18.9 Å². The van der Waals surface area contributed by atoms with Gasteiger partial charge in [0, 0.05) is 18.3 Å². The highest BCUT2D eigenvalue weighted by Gasteiger charge is 2.32. The van der Waals surface area contributed by atoms with Gasteiger partial charge < -0.3 is 4.57 Å². The fraction of sp³-hybridized carbons (Fsp3) is 0.214. The lowest BCUT2D eigenvalue weighted by molar-refractivity contribution is -0.137. The Bertz CT molecular complexity index is 953. The Morgan fingerprint density at radius 2 is 1.83 bits per heavy atom. The van der Waals surface area contributed by atoms with Crippen molar-refractivity contribution in [2.45, 2.75) is 18.0 Å². The summed E-state index contributed by atoms with van der Waals surface area (Å²) in [5, 5.41) is -0.386. The number of aromatic nitrogens is 1. The van der Waals surface area contributed by atoms with E-state index in [4.69, 9.17) is 11.6 Å². The van der Waals surface area contributed by atoms with Gasteiger partial charge in [-0.15, -0.1) is 0 Å². The van der Waals surface area contributed by atoms with Crippen LogP contribution in [0, 0.1) is 6.92 Å². The van der Waals surface area contributed by atoms with Crippen molar-refractivity contribution in [2.75, 3.05) is 4.72 Å². The summed E-state index contributed by atoms with van der Waals surface area (Å²) in [6.07, 6.45) is -3.31. The maximum atomic E-state index is 12.8. The number of pyridine rings is 1. The topological polar surface area (TPSA) is 68.2 Å². The molecule has 1 heterocycles. The zero-order valence-corrected chi connectivity index (χ0v) is 14.1. The first-order valence-corrected chi connectivity index (χ1v) is 8.35. The first-order valence-electron chi connectivity index (χ1n) is 6.48. The number of rotatable bonds is 3. The summed E-state index contributed by atoms with van der Waals surface area (Å²) < 4.78 is 66.4. The van der Waals surface area contributed by atoms with Crippen LogP contribution in [-0.4, -0.2) is 13.0 Å². The van der Waals surface area contributed by atoms with E-state index in [1.165, 1.54) is 26.2 Å². The zero-order valence-electron chi connectivity index (χ0n) is 12.5. The molecule has 0 amide bonds. The van der Waals surface area contributed by atoms with E-state index < -0.39 is 32.2 Å². The van der Waals surface area contributed by atoms with Gasteiger partial charge in [-0.2, -0.15) is 13.2 Å². The van der Waals surface area contributed by atoms with Gasteiger partial charge >= 0.3 is 6.18 Å². The van der Waals surface area contributed by atoms with Crippen molar-refractivity contribution in [3.8, 4) is 0 Å². The Kier molecular flexibility index (Phi) is 4.69. The molecular formula is C14H12ClF3N2O3S.